The normalized spacial score (nSPS) is 20.1. The first-order valence-electron chi connectivity index (χ1n) is 10.9. The van der Waals surface area contributed by atoms with Crippen LogP contribution in [0.2, 0.25) is 0 Å². The number of aromatic nitrogens is 2. The zero-order valence-electron chi connectivity index (χ0n) is 17.4. The van der Waals surface area contributed by atoms with E-state index in [0.717, 1.165) is 36.7 Å². The maximum Gasteiger partial charge on any atom is 0.331 e. The molecular weight excluding hydrogens is 366 g/mol. The summed E-state index contributed by atoms with van der Waals surface area (Å²) in [5.41, 5.74) is 0.609. The molecule has 2 aliphatic carbocycles. The number of benzene rings is 1. The highest BCUT2D eigenvalue weighted by Crippen LogP contribution is 2.35. The van der Waals surface area contributed by atoms with Crippen LogP contribution in [0.15, 0.2) is 29.1 Å². The molecule has 0 aliphatic heterocycles. The van der Waals surface area contributed by atoms with Crippen LogP contribution < -0.4 is 10.9 Å². The second-order valence-electron chi connectivity index (χ2n) is 8.77. The number of fused-ring (bicyclic) bond motifs is 1. The third-order valence-corrected chi connectivity index (χ3v) is 6.78. The highest BCUT2D eigenvalue weighted by molar-refractivity contribution is 5.85. The Labute approximate surface area is 171 Å². The van der Waals surface area contributed by atoms with E-state index >= 15 is 0 Å². The number of para-hydroxylation sites is 2. The standard InChI is InChI=1S/C23H31N3O3/c1-16(15-17-9-8-10-17)26-19-12-5-4-11-18(19)24-20(21(26)27)25-23(22(28)29-2)13-6-3-7-14-23/h4-5,11-12,16-17H,3,6-10,13-15H2,1-2H3,(H,24,25)/t16-/m0/s1. The summed E-state index contributed by atoms with van der Waals surface area (Å²) < 4.78 is 6.98. The predicted octanol–water partition coefficient (Wildman–Crippen LogP) is 4.44. The molecule has 1 heterocycles. The van der Waals surface area contributed by atoms with Gasteiger partial charge >= 0.3 is 5.97 Å². The Balaban J connectivity index is 1.77. The van der Waals surface area contributed by atoms with Gasteiger partial charge in [0, 0.05) is 6.04 Å². The molecule has 0 saturated heterocycles. The average Bonchev–Trinajstić information content (AvgIpc) is 2.71. The van der Waals surface area contributed by atoms with Gasteiger partial charge in [-0.3, -0.25) is 4.79 Å². The molecule has 1 aromatic heterocycles. The summed E-state index contributed by atoms with van der Waals surface area (Å²) in [4.78, 5) is 30.8. The molecule has 0 amide bonds. The minimum atomic E-state index is -0.864. The molecule has 1 N–H and O–H groups in total. The number of carbonyl (C=O) groups is 1. The fraction of sp³-hybridized carbons (Fsp3) is 0.609. The Morgan fingerprint density at radius 3 is 2.62 bits per heavy atom. The minimum Gasteiger partial charge on any atom is -0.467 e. The van der Waals surface area contributed by atoms with E-state index in [4.69, 9.17) is 4.74 Å². The van der Waals surface area contributed by atoms with Gasteiger partial charge in [0.1, 0.15) is 5.54 Å². The van der Waals surface area contributed by atoms with Gasteiger partial charge in [-0.2, -0.15) is 0 Å². The Kier molecular flexibility index (Phi) is 5.61. The van der Waals surface area contributed by atoms with E-state index in [1.807, 2.05) is 28.8 Å². The van der Waals surface area contributed by atoms with Crippen molar-refractivity contribution in [1.82, 2.24) is 9.55 Å². The van der Waals surface area contributed by atoms with Gasteiger partial charge < -0.3 is 14.6 Å². The molecule has 2 saturated carbocycles. The largest absolute Gasteiger partial charge is 0.467 e. The van der Waals surface area contributed by atoms with Crippen molar-refractivity contribution >= 4 is 22.8 Å². The molecule has 6 heteroatoms. The lowest BCUT2D eigenvalue weighted by Gasteiger charge is -2.35. The molecule has 1 aromatic carbocycles. The lowest BCUT2D eigenvalue weighted by molar-refractivity contribution is -0.147. The van der Waals surface area contributed by atoms with Gasteiger partial charge in [-0.05, 0) is 44.2 Å². The van der Waals surface area contributed by atoms with E-state index in [0.29, 0.717) is 18.8 Å². The average molecular weight is 398 g/mol. The lowest BCUT2D eigenvalue weighted by atomic mass is 9.81. The molecular formula is C23H31N3O3. The smallest absolute Gasteiger partial charge is 0.331 e. The monoisotopic (exact) mass is 397 g/mol. The molecule has 0 spiro atoms. The van der Waals surface area contributed by atoms with Crippen LogP contribution in [-0.4, -0.2) is 28.2 Å². The Hall–Kier alpha value is -2.37. The summed E-state index contributed by atoms with van der Waals surface area (Å²) in [7, 11) is 1.41. The second-order valence-corrected chi connectivity index (χ2v) is 8.77. The van der Waals surface area contributed by atoms with E-state index in [1.165, 1.54) is 26.4 Å². The molecule has 6 nitrogen and oxygen atoms in total. The van der Waals surface area contributed by atoms with E-state index in [2.05, 4.69) is 17.2 Å². The van der Waals surface area contributed by atoms with Gasteiger partial charge in [-0.15, -0.1) is 0 Å². The number of nitrogens with one attached hydrogen (secondary N) is 1. The number of methoxy groups -OCH3 is 1. The van der Waals surface area contributed by atoms with Crippen molar-refractivity contribution in [2.45, 2.75) is 76.3 Å². The molecule has 2 fully saturated rings. The number of anilines is 1. The highest BCUT2D eigenvalue weighted by Gasteiger charge is 2.41. The fourth-order valence-electron chi connectivity index (χ4n) is 4.95. The van der Waals surface area contributed by atoms with Crippen molar-refractivity contribution in [1.29, 1.82) is 0 Å². The number of hydrogen-bond acceptors (Lipinski definition) is 5. The minimum absolute atomic E-state index is 0.0849. The number of rotatable bonds is 6. The third-order valence-electron chi connectivity index (χ3n) is 6.78. The zero-order valence-corrected chi connectivity index (χ0v) is 17.4. The van der Waals surface area contributed by atoms with Crippen LogP contribution in [0.3, 0.4) is 0 Å². The van der Waals surface area contributed by atoms with Crippen molar-refractivity contribution in [3.8, 4) is 0 Å². The number of nitrogens with zero attached hydrogens (tertiary/aromatic N) is 2. The summed E-state index contributed by atoms with van der Waals surface area (Å²) in [5, 5.41) is 3.26. The van der Waals surface area contributed by atoms with Crippen LogP contribution in [-0.2, 0) is 9.53 Å². The van der Waals surface area contributed by atoms with Gasteiger partial charge in [0.05, 0.1) is 18.1 Å². The molecule has 2 aromatic rings. The first-order valence-corrected chi connectivity index (χ1v) is 10.9. The maximum atomic E-state index is 13.5. The van der Waals surface area contributed by atoms with Crippen molar-refractivity contribution in [3.63, 3.8) is 0 Å². The Morgan fingerprint density at radius 1 is 1.24 bits per heavy atom. The summed E-state index contributed by atoms with van der Waals surface area (Å²) in [6, 6.07) is 7.85. The SMILES string of the molecule is COC(=O)C1(Nc2nc3ccccc3n([C@@H](C)CC3CCC3)c2=O)CCCCC1. The molecule has 0 unspecified atom stereocenters. The third kappa shape index (κ3) is 3.77. The van der Waals surface area contributed by atoms with Crippen LogP contribution in [0.1, 0.15) is 70.8 Å². The zero-order chi connectivity index (χ0) is 20.4. The van der Waals surface area contributed by atoms with Gasteiger partial charge in [-0.1, -0.05) is 50.7 Å². The molecule has 4 rings (SSSR count). The van der Waals surface area contributed by atoms with Crippen LogP contribution in [0.25, 0.3) is 11.0 Å². The van der Waals surface area contributed by atoms with Crippen LogP contribution in [0, 0.1) is 5.92 Å². The number of ether oxygens (including phenoxy) is 1. The first kappa shape index (κ1) is 19.9. The quantitative estimate of drug-likeness (QED) is 0.730. The van der Waals surface area contributed by atoms with E-state index < -0.39 is 5.54 Å². The van der Waals surface area contributed by atoms with Gasteiger partial charge in [0.15, 0.2) is 5.82 Å². The van der Waals surface area contributed by atoms with Crippen molar-refractivity contribution < 1.29 is 9.53 Å². The van der Waals surface area contributed by atoms with E-state index in [-0.39, 0.29) is 23.4 Å². The van der Waals surface area contributed by atoms with Gasteiger partial charge in [0.2, 0.25) is 0 Å². The predicted molar refractivity (Wildman–Crippen MR) is 114 cm³/mol. The number of hydrogen-bond donors (Lipinski definition) is 1. The van der Waals surface area contributed by atoms with Crippen LogP contribution in [0.5, 0.6) is 0 Å². The van der Waals surface area contributed by atoms with Crippen molar-refractivity contribution in [2.75, 3.05) is 12.4 Å². The second kappa shape index (κ2) is 8.17. The first-order chi connectivity index (χ1) is 14.0. The van der Waals surface area contributed by atoms with Crippen LogP contribution >= 0.6 is 0 Å². The molecule has 0 bridgehead atoms. The van der Waals surface area contributed by atoms with E-state index in [1.54, 1.807) is 0 Å². The van der Waals surface area contributed by atoms with Crippen molar-refractivity contribution in [2.24, 2.45) is 5.92 Å². The summed E-state index contributed by atoms with van der Waals surface area (Å²) in [6.07, 6.45) is 9.05. The summed E-state index contributed by atoms with van der Waals surface area (Å²) >= 11 is 0. The molecule has 0 radical (unpaired) electrons. The van der Waals surface area contributed by atoms with Gasteiger partial charge in [-0.25, -0.2) is 9.78 Å². The molecule has 29 heavy (non-hydrogen) atoms. The Morgan fingerprint density at radius 2 is 1.97 bits per heavy atom. The number of carbonyl (C=O) groups excluding carboxylic acids is 1. The van der Waals surface area contributed by atoms with E-state index in [9.17, 15) is 9.59 Å². The maximum absolute atomic E-state index is 13.5. The summed E-state index contributed by atoms with van der Waals surface area (Å²) in [6.45, 7) is 2.12. The Bertz CT molecular complexity index is 942. The van der Waals surface area contributed by atoms with Crippen molar-refractivity contribution in [3.05, 3.63) is 34.6 Å². The highest BCUT2D eigenvalue weighted by atomic mass is 16.5. The topological polar surface area (TPSA) is 73.2 Å². The van der Waals surface area contributed by atoms with Crippen LogP contribution in [0.4, 0.5) is 5.82 Å². The van der Waals surface area contributed by atoms with Gasteiger partial charge in [0.25, 0.3) is 5.56 Å². The lowest BCUT2D eigenvalue weighted by Crippen LogP contribution is -2.50. The molecule has 2 aliphatic rings. The molecule has 1 atom stereocenters. The number of esters is 1. The fourth-order valence-corrected chi connectivity index (χ4v) is 4.95. The molecule has 156 valence electrons. The summed E-state index contributed by atoms with van der Waals surface area (Å²) in [5.74, 6) is 0.650.